The zero-order valence-corrected chi connectivity index (χ0v) is 8.45. The van der Waals surface area contributed by atoms with Crippen LogP contribution in [-0.4, -0.2) is 26.1 Å². The van der Waals surface area contributed by atoms with Gasteiger partial charge in [0.2, 0.25) is 0 Å². The summed E-state index contributed by atoms with van der Waals surface area (Å²) < 4.78 is 1.60. The van der Waals surface area contributed by atoms with Crippen molar-refractivity contribution in [2.24, 2.45) is 23.5 Å². The topological polar surface area (TPSA) is 119 Å². The van der Waals surface area contributed by atoms with E-state index in [0.717, 1.165) is 5.69 Å². The SMILES string of the molecule is Cn1cc(CSC(=N)N=C(N)N)nn1. The average molecular weight is 213 g/mol. The Balaban J connectivity index is 2.41. The molecule has 0 aromatic carbocycles. The minimum absolute atomic E-state index is 0.0654. The number of nitrogens with zero attached hydrogens (tertiary/aromatic N) is 4. The molecular formula is C6H11N7S. The van der Waals surface area contributed by atoms with Crippen LogP contribution in [-0.2, 0) is 12.8 Å². The number of hydrogen-bond donors (Lipinski definition) is 3. The number of amidine groups is 1. The minimum Gasteiger partial charge on any atom is -0.370 e. The standard InChI is InChI=1S/C6H11N7S/c1-13-2-4(11-12-13)3-14-6(9)10-5(7)8/h2H,3H2,1H3,(H5,7,8,9,10). The fourth-order valence-corrected chi connectivity index (χ4v) is 1.34. The molecule has 0 saturated heterocycles. The van der Waals surface area contributed by atoms with Crippen LogP contribution in [0.3, 0.4) is 0 Å². The lowest BCUT2D eigenvalue weighted by Gasteiger charge is -1.95. The largest absolute Gasteiger partial charge is 0.370 e. The predicted molar refractivity (Wildman–Crippen MR) is 55.8 cm³/mol. The number of nitrogens with one attached hydrogen (secondary N) is 1. The number of aromatic nitrogens is 3. The molecule has 0 unspecified atom stereocenters. The number of aliphatic imine (C=N–C) groups is 1. The first-order chi connectivity index (χ1) is 6.58. The summed E-state index contributed by atoms with van der Waals surface area (Å²) in [6, 6.07) is 0. The van der Waals surface area contributed by atoms with Gasteiger partial charge >= 0.3 is 0 Å². The van der Waals surface area contributed by atoms with E-state index >= 15 is 0 Å². The molecule has 0 radical (unpaired) electrons. The van der Waals surface area contributed by atoms with Gasteiger partial charge < -0.3 is 11.5 Å². The third-order valence-corrected chi connectivity index (χ3v) is 2.04. The Hall–Kier alpha value is -1.57. The van der Waals surface area contributed by atoms with Gasteiger partial charge in [0, 0.05) is 19.0 Å². The van der Waals surface area contributed by atoms with Crippen molar-refractivity contribution in [1.29, 1.82) is 5.41 Å². The maximum Gasteiger partial charge on any atom is 0.193 e. The molecule has 0 aliphatic heterocycles. The number of thioether (sulfide) groups is 1. The van der Waals surface area contributed by atoms with Gasteiger partial charge in [-0.1, -0.05) is 17.0 Å². The van der Waals surface area contributed by atoms with E-state index in [9.17, 15) is 0 Å². The van der Waals surface area contributed by atoms with Gasteiger partial charge in [0.1, 0.15) is 0 Å². The van der Waals surface area contributed by atoms with Crippen molar-refractivity contribution in [1.82, 2.24) is 15.0 Å². The Morgan fingerprint density at radius 3 is 2.93 bits per heavy atom. The van der Waals surface area contributed by atoms with Crippen LogP contribution in [0.4, 0.5) is 0 Å². The molecule has 0 aliphatic rings. The Bertz CT molecular complexity index is 351. The molecule has 0 spiro atoms. The summed E-state index contributed by atoms with van der Waals surface area (Å²) >= 11 is 1.19. The maximum absolute atomic E-state index is 7.34. The van der Waals surface area contributed by atoms with Crippen LogP contribution in [0.5, 0.6) is 0 Å². The average Bonchev–Trinajstić information content (AvgIpc) is 2.47. The fourth-order valence-electron chi connectivity index (χ4n) is 0.753. The number of rotatable bonds is 2. The summed E-state index contributed by atoms with van der Waals surface area (Å²) in [5, 5.41) is 15.0. The molecule has 1 rings (SSSR count). The van der Waals surface area contributed by atoms with Gasteiger partial charge in [-0.2, -0.15) is 4.99 Å². The normalized spacial score (nSPS) is 9.79. The third-order valence-electron chi connectivity index (χ3n) is 1.24. The molecule has 14 heavy (non-hydrogen) atoms. The van der Waals surface area contributed by atoms with Crippen LogP contribution < -0.4 is 11.5 Å². The molecule has 7 nitrogen and oxygen atoms in total. The van der Waals surface area contributed by atoms with Gasteiger partial charge in [-0.05, 0) is 0 Å². The summed E-state index contributed by atoms with van der Waals surface area (Å²) in [7, 11) is 1.78. The van der Waals surface area contributed by atoms with Crippen molar-refractivity contribution in [3.63, 3.8) is 0 Å². The molecule has 0 saturated carbocycles. The van der Waals surface area contributed by atoms with E-state index in [1.165, 1.54) is 11.8 Å². The number of guanidine groups is 1. The molecule has 0 aliphatic carbocycles. The molecule has 1 aromatic heterocycles. The molecule has 1 heterocycles. The first kappa shape index (κ1) is 10.5. The van der Waals surface area contributed by atoms with Crippen LogP contribution in [0.2, 0.25) is 0 Å². The van der Waals surface area contributed by atoms with E-state index in [4.69, 9.17) is 16.9 Å². The Kier molecular flexibility index (Phi) is 3.46. The van der Waals surface area contributed by atoms with Gasteiger partial charge in [0.05, 0.1) is 5.69 Å². The van der Waals surface area contributed by atoms with E-state index < -0.39 is 0 Å². The molecule has 0 amide bonds. The molecule has 76 valence electrons. The highest BCUT2D eigenvalue weighted by molar-refractivity contribution is 8.13. The van der Waals surface area contributed by atoms with Gasteiger partial charge in [-0.3, -0.25) is 10.1 Å². The van der Waals surface area contributed by atoms with Crippen molar-refractivity contribution in [2.45, 2.75) is 5.75 Å². The Morgan fingerprint density at radius 2 is 2.43 bits per heavy atom. The highest BCUT2D eigenvalue weighted by Crippen LogP contribution is 2.10. The molecule has 0 bridgehead atoms. The highest BCUT2D eigenvalue weighted by Gasteiger charge is 2.01. The van der Waals surface area contributed by atoms with Crippen LogP contribution in [0.15, 0.2) is 11.2 Å². The first-order valence-electron chi connectivity index (χ1n) is 3.74. The highest BCUT2D eigenvalue weighted by atomic mass is 32.2. The monoisotopic (exact) mass is 213 g/mol. The number of hydrogen-bond acceptors (Lipinski definition) is 4. The third kappa shape index (κ3) is 3.44. The van der Waals surface area contributed by atoms with E-state index in [2.05, 4.69) is 15.3 Å². The quantitative estimate of drug-likeness (QED) is 0.441. The molecule has 0 atom stereocenters. The Morgan fingerprint density at radius 1 is 1.71 bits per heavy atom. The van der Waals surface area contributed by atoms with Gasteiger partial charge in [-0.25, -0.2) is 0 Å². The van der Waals surface area contributed by atoms with Gasteiger partial charge in [0.25, 0.3) is 0 Å². The minimum atomic E-state index is -0.110. The number of nitrogens with two attached hydrogens (primary N) is 2. The Labute approximate surface area is 85.1 Å². The zero-order chi connectivity index (χ0) is 10.6. The van der Waals surface area contributed by atoms with E-state index in [0.29, 0.717) is 5.75 Å². The summed E-state index contributed by atoms with van der Waals surface area (Å²) in [5.41, 5.74) is 11.0. The first-order valence-corrected chi connectivity index (χ1v) is 4.72. The lowest BCUT2D eigenvalue weighted by Crippen LogP contribution is -2.23. The van der Waals surface area contributed by atoms with Crippen molar-refractivity contribution in [2.75, 3.05) is 0 Å². The number of aryl methyl sites for hydroxylation is 1. The summed E-state index contributed by atoms with van der Waals surface area (Å²) in [4.78, 5) is 3.56. The van der Waals surface area contributed by atoms with Gasteiger partial charge in [0.15, 0.2) is 11.1 Å². The lowest BCUT2D eigenvalue weighted by atomic mass is 10.6. The second-order valence-corrected chi connectivity index (χ2v) is 3.48. The predicted octanol–water partition coefficient (Wildman–Crippen LogP) is -0.744. The van der Waals surface area contributed by atoms with Crippen molar-refractivity contribution in [3.05, 3.63) is 11.9 Å². The zero-order valence-electron chi connectivity index (χ0n) is 7.64. The second-order valence-electron chi connectivity index (χ2n) is 2.51. The van der Waals surface area contributed by atoms with Crippen LogP contribution in [0, 0.1) is 5.41 Å². The van der Waals surface area contributed by atoms with Gasteiger partial charge in [-0.15, -0.1) is 5.10 Å². The summed E-state index contributed by atoms with van der Waals surface area (Å²) in [6.45, 7) is 0. The fraction of sp³-hybridized carbons (Fsp3) is 0.333. The summed E-state index contributed by atoms with van der Waals surface area (Å²) in [6.07, 6.45) is 1.77. The smallest absolute Gasteiger partial charge is 0.193 e. The maximum atomic E-state index is 7.34. The molecule has 5 N–H and O–H groups in total. The lowest BCUT2D eigenvalue weighted by molar-refractivity contribution is 0.714. The van der Waals surface area contributed by atoms with Crippen molar-refractivity contribution in [3.8, 4) is 0 Å². The van der Waals surface area contributed by atoms with E-state index in [-0.39, 0.29) is 11.1 Å². The van der Waals surface area contributed by atoms with E-state index in [1.54, 1.807) is 17.9 Å². The van der Waals surface area contributed by atoms with Crippen molar-refractivity contribution < 1.29 is 0 Å². The molecule has 8 heteroatoms. The van der Waals surface area contributed by atoms with Crippen molar-refractivity contribution >= 4 is 22.9 Å². The molecule has 1 aromatic rings. The molecular weight excluding hydrogens is 202 g/mol. The van der Waals surface area contributed by atoms with Crippen LogP contribution in [0.25, 0.3) is 0 Å². The summed E-state index contributed by atoms with van der Waals surface area (Å²) in [5.74, 6) is 0.422. The van der Waals surface area contributed by atoms with Crippen LogP contribution in [0.1, 0.15) is 5.69 Å². The molecule has 0 fully saturated rings. The van der Waals surface area contributed by atoms with Crippen LogP contribution >= 0.6 is 11.8 Å². The second kappa shape index (κ2) is 4.61. The van der Waals surface area contributed by atoms with E-state index in [1.807, 2.05) is 0 Å².